The molecule has 1 heterocycles. The van der Waals surface area contributed by atoms with Crippen molar-refractivity contribution in [1.29, 1.82) is 0 Å². The average molecular weight is 291 g/mol. The van der Waals surface area contributed by atoms with E-state index in [0.717, 1.165) is 12.8 Å². The fourth-order valence-corrected chi connectivity index (χ4v) is 3.07. The molecule has 0 bridgehead atoms. The molecule has 0 radical (unpaired) electrons. The highest BCUT2D eigenvalue weighted by Crippen LogP contribution is 2.27. The van der Waals surface area contributed by atoms with Gasteiger partial charge in [0.15, 0.2) is 0 Å². The third-order valence-electron chi connectivity index (χ3n) is 4.35. The molecule has 6 nitrogen and oxygen atoms in total. The number of hydrogen-bond acceptors (Lipinski definition) is 4. The maximum atomic E-state index is 12.8. The van der Waals surface area contributed by atoms with Crippen molar-refractivity contribution in [2.24, 2.45) is 11.7 Å². The third-order valence-corrected chi connectivity index (χ3v) is 4.35. The molecule has 2 rings (SSSR count). The number of nitro benzene ring substituents is 1. The molecule has 1 saturated heterocycles. The Labute approximate surface area is 124 Å². The Morgan fingerprint density at radius 3 is 2.86 bits per heavy atom. The minimum atomic E-state index is -0.453. The summed E-state index contributed by atoms with van der Waals surface area (Å²) in [4.78, 5) is 25.1. The first kappa shape index (κ1) is 15.4. The van der Waals surface area contributed by atoms with Crippen molar-refractivity contribution in [2.75, 3.05) is 13.1 Å². The molecular weight excluding hydrogens is 270 g/mol. The van der Waals surface area contributed by atoms with Gasteiger partial charge in [0.25, 0.3) is 11.6 Å². The zero-order valence-electron chi connectivity index (χ0n) is 12.4. The van der Waals surface area contributed by atoms with E-state index in [-0.39, 0.29) is 17.6 Å². The van der Waals surface area contributed by atoms with E-state index in [4.69, 9.17) is 5.73 Å². The summed E-state index contributed by atoms with van der Waals surface area (Å²) >= 11 is 0. The topological polar surface area (TPSA) is 89.5 Å². The predicted molar refractivity (Wildman–Crippen MR) is 80.1 cm³/mol. The Kier molecular flexibility index (Phi) is 4.57. The van der Waals surface area contributed by atoms with Gasteiger partial charge in [0.2, 0.25) is 0 Å². The molecule has 1 aromatic rings. The van der Waals surface area contributed by atoms with Crippen LogP contribution < -0.4 is 5.73 Å². The third kappa shape index (κ3) is 2.90. The summed E-state index contributed by atoms with van der Waals surface area (Å²) in [5, 5.41) is 11.0. The summed E-state index contributed by atoms with van der Waals surface area (Å²) in [7, 11) is 0. The Morgan fingerprint density at radius 1 is 1.52 bits per heavy atom. The van der Waals surface area contributed by atoms with Crippen molar-refractivity contribution in [1.82, 2.24) is 4.90 Å². The number of carbonyl (C=O) groups excluding carboxylic acids is 1. The second kappa shape index (κ2) is 6.22. The maximum absolute atomic E-state index is 12.8. The highest BCUT2D eigenvalue weighted by atomic mass is 16.6. The van der Waals surface area contributed by atoms with E-state index >= 15 is 0 Å². The van der Waals surface area contributed by atoms with Gasteiger partial charge in [-0.2, -0.15) is 0 Å². The molecule has 114 valence electrons. The number of benzene rings is 1. The van der Waals surface area contributed by atoms with Crippen molar-refractivity contribution < 1.29 is 9.72 Å². The Hall–Kier alpha value is -1.95. The molecule has 21 heavy (non-hydrogen) atoms. The lowest BCUT2D eigenvalue weighted by molar-refractivity contribution is -0.385. The number of rotatable bonds is 3. The van der Waals surface area contributed by atoms with Crippen LogP contribution in [0.4, 0.5) is 5.69 Å². The van der Waals surface area contributed by atoms with Crippen molar-refractivity contribution >= 4 is 11.6 Å². The number of nitrogens with zero attached hydrogens (tertiary/aromatic N) is 2. The Balaban J connectivity index is 2.35. The van der Waals surface area contributed by atoms with E-state index in [1.165, 1.54) is 6.07 Å². The van der Waals surface area contributed by atoms with E-state index in [2.05, 4.69) is 6.92 Å². The minimum Gasteiger partial charge on any atom is -0.334 e. The molecule has 2 unspecified atom stereocenters. The minimum absolute atomic E-state index is 0.00455. The number of nitrogens with two attached hydrogens (primary N) is 1. The fourth-order valence-electron chi connectivity index (χ4n) is 3.07. The molecule has 0 saturated carbocycles. The molecule has 1 fully saturated rings. The van der Waals surface area contributed by atoms with Crippen LogP contribution in [0.5, 0.6) is 0 Å². The normalized spacial score (nSPS) is 22.1. The van der Waals surface area contributed by atoms with Crippen LogP contribution in [0.3, 0.4) is 0 Å². The lowest BCUT2D eigenvalue weighted by Gasteiger charge is -2.39. The number of likely N-dealkylation sites (tertiary alicyclic amines) is 1. The zero-order chi connectivity index (χ0) is 15.6. The van der Waals surface area contributed by atoms with Gasteiger partial charge in [0.05, 0.1) is 4.92 Å². The van der Waals surface area contributed by atoms with Crippen LogP contribution in [0.15, 0.2) is 18.2 Å². The van der Waals surface area contributed by atoms with Crippen LogP contribution in [0.2, 0.25) is 0 Å². The quantitative estimate of drug-likeness (QED) is 0.682. The lowest BCUT2D eigenvalue weighted by Crippen LogP contribution is -2.51. The lowest BCUT2D eigenvalue weighted by atomic mass is 9.90. The van der Waals surface area contributed by atoms with E-state index < -0.39 is 4.92 Å². The average Bonchev–Trinajstić information content (AvgIpc) is 2.46. The summed E-state index contributed by atoms with van der Waals surface area (Å²) in [6.45, 7) is 4.79. The molecule has 1 aliphatic rings. The molecule has 0 aliphatic carbocycles. The standard InChI is InChI=1S/C15H21N3O3/c1-10-5-4-8-17(14(10)9-16)15(19)12-6-3-7-13(11(12)2)18(20)21/h3,6-7,10,14H,4-5,8-9,16H2,1-2H3. The van der Waals surface area contributed by atoms with Crippen LogP contribution in [-0.4, -0.2) is 34.9 Å². The van der Waals surface area contributed by atoms with Gasteiger partial charge in [-0.25, -0.2) is 0 Å². The first-order chi connectivity index (χ1) is 9.97. The summed E-state index contributed by atoms with van der Waals surface area (Å²) in [5.74, 6) is 0.199. The summed E-state index contributed by atoms with van der Waals surface area (Å²) < 4.78 is 0. The van der Waals surface area contributed by atoms with Gasteiger partial charge in [0, 0.05) is 36.3 Å². The van der Waals surface area contributed by atoms with E-state index in [0.29, 0.717) is 30.1 Å². The molecule has 6 heteroatoms. The number of piperidine rings is 1. The van der Waals surface area contributed by atoms with Gasteiger partial charge < -0.3 is 10.6 Å². The number of amides is 1. The van der Waals surface area contributed by atoms with Gasteiger partial charge in [-0.15, -0.1) is 0 Å². The first-order valence-electron chi connectivity index (χ1n) is 7.22. The highest BCUT2D eigenvalue weighted by Gasteiger charge is 2.32. The zero-order valence-corrected chi connectivity index (χ0v) is 12.4. The van der Waals surface area contributed by atoms with Crippen LogP contribution in [0.25, 0.3) is 0 Å². The van der Waals surface area contributed by atoms with Crippen LogP contribution >= 0.6 is 0 Å². The molecule has 1 aliphatic heterocycles. The van der Waals surface area contributed by atoms with Gasteiger partial charge in [-0.3, -0.25) is 14.9 Å². The molecule has 2 atom stereocenters. The van der Waals surface area contributed by atoms with E-state index in [1.54, 1.807) is 24.0 Å². The number of nitro groups is 1. The summed E-state index contributed by atoms with van der Waals surface area (Å²) in [6.07, 6.45) is 2.00. The van der Waals surface area contributed by atoms with Crippen molar-refractivity contribution in [2.45, 2.75) is 32.7 Å². The van der Waals surface area contributed by atoms with Crippen molar-refractivity contribution in [3.05, 3.63) is 39.4 Å². The Bertz CT molecular complexity index is 559. The SMILES string of the molecule is Cc1c(C(=O)N2CCCC(C)C2CN)cccc1[N+](=O)[O-]. The van der Waals surface area contributed by atoms with E-state index in [9.17, 15) is 14.9 Å². The van der Waals surface area contributed by atoms with Gasteiger partial charge in [-0.05, 0) is 31.7 Å². The van der Waals surface area contributed by atoms with Crippen LogP contribution in [-0.2, 0) is 0 Å². The molecule has 0 aromatic heterocycles. The molecule has 0 spiro atoms. The fraction of sp³-hybridized carbons (Fsp3) is 0.533. The highest BCUT2D eigenvalue weighted by molar-refractivity contribution is 5.96. The van der Waals surface area contributed by atoms with Crippen molar-refractivity contribution in [3.8, 4) is 0 Å². The molecule has 1 aromatic carbocycles. The Morgan fingerprint density at radius 2 is 2.24 bits per heavy atom. The molecular formula is C15H21N3O3. The summed E-state index contributed by atoms with van der Waals surface area (Å²) in [5.41, 5.74) is 6.61. The largest absolute Gasteiger partial charge is 0.334 e. The monoisotopic (exact) mass is 291 g/mol. The first-order valence-corrected chi connectivity index (χ1v) is 7.22. The van der Waals surface area contributed by atoms with Crippen LogP contribution in [0, 0.1) is 23.0 Å². The van der Waals surface area contributed by atoms with Gasteiger partial charge >= 0.3 is 0 Å². The molecule has 1 amide bonds. The number of hydrogen-bond donors (Lipinski definition) is 1. The van der Waals surface area contributed by atoms with Gasteiger partial charge in [0.1, 0.15) is 0 Å². The molecule has 2 N–H and O–H groups in total. The summed E-state index contributed by atoms with van der Waals surface area (Å²) in [6, 6.07) is 4.64. The smallest absolute Gasteiger partial charge is 0.273 e. The second-order valence-electron chi connectivity index (χ2n) is 5.63. The van der Waals surface area contributed by atoms with Gasteiger partial charge in [-0.1, -0.05) is 13.0 Å². The maximum Gasteiger partial charge on any atom is 0.273 e. The van der Waals surface area contributed by atoms with E-state index in [1.807, 2.05) is 0 Å². The van der Waals surface area contributed by atoms with Crippen LogP contribution in [0.1, 0.15) is 35.7 Å². The predicted octanol–water partition coefficient (Wildman–Crippen LogP) is 2.10. The number of carbonyl (C=O) groups is 1. The second-order valence-corrected chi connectivity index (χ2v) is 5.63. The van der Waals surface area contributed by atoms with Crippen molar-refractivity contribution in [3.63, 3.8) is 0 Å².